The van der Waals surface area contributed by atoms with E-state index >= 15 is 0 Å². The van der Waals surface area contributed by atoms with E-state index in [4.69, 9.17) is 4.74 Å². The minimum Gasteiger partial charge on any atom is -0.380 e. The van der Waals surface area contributed by atoms with Crippen molar-refractivity contribution < 1.29 is 9.84 Å². The van der Waals surface area contributed by atoms with Crippen LogP contribution in [-0.2, 0) is 10.3 Å². The van der Waals surface area contributed by atoms with Gasteiger partial charge in [0.2, 0.25) is 0 Å². The van der Waals surface area contributed by atoms with Crippen LogP contribution in [0.1, 0.15) is 52.5 Å². The molecule has 1 saturated carbocycles. The molecule has 26 heavy (non-hydrogen) atoms. The fraction of sp³-hybridized carbons (Fsp3) is 0.652. The quantitative estimate of drug-likeness (QED) is 0.802. The van der Waals surface area contributed by atoms with E-state index in [1.807, 2.05) is 37.3 Å². The molecule has 3 aliphatic rings. The Bertz CT molecular complexity index is 685. The highest BCUT2D eigenvalue weighted by Gasteiger charge is 2.63. The molecule has 2 saturated heterocycles. The van der Waals surface area contributed by atoms with Crippen molar-refractivity contribution in [1.82, 2.24) is 4.90 Å². The van der Waals surface area contributed by atoms with Gasteiger partial charge < -0.3 is 9.84 Å². The van der Waals surface area contributed by atoms with Crippen molar-refractivity contribution in [2.45, 2.75) is 70.4 Å². The van der Waals surface area contributed by atoms with Crippen molar-refractivity contribution in [3.05, 3.63) is 48.0 Å². The van der Waals surface area contributed by atoms with Gasteiger partial charge in [0.1, 0.15) is 11.8 Å². The summed E-state index contributed by atoms with van der Waals surface area (Å²) in [5.74, 6) is 1.20. The zero-order valence-corrected chi connectivity index (χ0v) is 16.6. The molecule has 1 N–H and O–H groups in total. The molecule has 0 amide bonds. The molecule has 0 aromatic heterocycles. The van der Waals surface area contributed by atoms with Crippen LogP contribution in [0.15, 0.2) is 42.5 Å². The van der Waals surface area contributed by atoms with Gasteiger partial charge >= 0.3 is 0 Å². The van der Waals surface area contributed by atoms with E-state index in [-0.39, 0.29) is 23.8 Å². The fourth-order valence-electron chi connectivity index (χ4n) is 5.80. The molecular formula is C23H33NO2. The lowest BCUT2D eigenvalue weighted by molar-refractivity contribution is -0.263. The third-order valence-electron chi connectivity index (χ3n) is 7.41. The summed E-state index contributed by atoms with van der Waals surface area (Å²) in [5.41, 5.74) is 0.941. The third-order valence-corrected chi connectivity index (χ3v) is 7.41. The molecule has 6 atom stereocenters. The van der Waals surface area contributed by atoms with Crippen LogP contribution in [0.4, 0.5) is 0 Å². The minimum absolute atomic E-state index is 0.0146. The highest BCUT2D eigenvalue weighted by Crippen LogP contribution is 2.55. The van der Waals surface area contributed by atoms with Crippen molar-refractivity contribution in [2.24, 2.45) is 17.8 Å². The Balaban J connectivity index is 1.79. The van der Waals surface area contributed by atoms with E-state index < -0.39 is 5.60 Å². The van der Waals surface area contributed by atoms with Crippen LogP contribution in [0.25, 0.3) is 0 Å². The van der Waals surface area contributed by atoms with Gasteiger partial charge in [-0.15, -0.1) is 0 Å². The molecule has 3 fully saturated rings. The third kappa shape index (κ3) is 2.51. The predicted molar refractivity (Wildman–Crippen MR) is 105 cm³/mol. The average Bonchev–Trinajstić information content (AvgIpc) is 2.91. The maximum absolute atomic E-state index is 12.0. The van der Waals surface area contributed by atoms with Crippen LogP contribution >= 0.6 is 0 Å². The molecule has 1 aromatic carbocycles. The molecule has 3 heteroatoms. The van der Waals surface area contributed by atoms with Crippen LogP contribution < -0.4 is 0 Å². The minimum atomic E-state index is -1.05. The first kappa shape index (κ1) is 18.2. The smallest absolute Gasteiger partial charge is 0.145 e. The van der Waals surface area contributed by atoms with Crippen molar-refractivity contribution in [3.63, 3.8) is 0 Å². The summed E-state index contributed by atoms with van der Waals surface area (Å²) in [6.07, 6.45) is 3.51. The Kier molecular flexibility index (Phi) is 4.33. The summed E-state index contributed by atoms with van der Waals surface area (Å²) in [6, 6.07) is 10.1. The van der Waals surface area contributed by atoms with Gasteiger partial charge in [0.15, 0.2) is 0 Å². The van der Waals surface area contributed by atoms with Crippen LogP contribution in [0.5, 0.6) is 0 Å². The molecule has 0 radical (unpaired) electrons. The lowest BCUT2D eigenvalue weighted by Gasteiger charge is -2.56. The summed E-state index contributed by atoms with van der Waals surface area (Å²) in [5, 5.41) is 12.0. The van der Waals surface area contributed by atoms with Gasteiger partial charge in [-0.3, -0.25) is 4.90 Å². The van der Waals surface area contributed by atoms with Gasteiger partial charge in [0, 0.05) is 23.9 Å². The number of fused-ring (bicyclic) bond motifs is 2. The molecule has 0 unspecified atom stereocenters. The Morgan fingerprint density at radius 3 is 2.58 bits per heavy atom. The Morgan fingerprint density at radius 2 is 1.92 bits per heavy atom. The van der Waals surface area contributed by atoms with E-state index in [0.29, 0.717) is 11.8 Å². The number of ether oxygens (including phenoxy) is 1. The average molecular weight is 356 g/mol. The normalized spacial score (nSPS) is 42.1. The Labute approximate surface area is 158 Å². The van der Waals surface area contributed by atoms with Gasteiger partial charge in [-0.1, -0.05) is 55.8 Å². The van der Waals surface area contributed by atoms with Crippen molar-refractivity contribution in [1.29, 1.82) is 0 Å². The van der Waals surface area contributed by atoms with Crippen LogP contribution in [0.2, 0.25) is 0 Å². The first-order valence-corrected chi connectivity index (χ1v) is 10.1. The number of hydrogen-bond acceptors (Lipinski definition) is 3. The number of benzene rings is 1. The highest BCUT2D eigenvalue weighted by atomic mass is 16.5. The van der Waals surface area contributed by atoms with Gasteiger partial charge in [-0.25, -0.2) is 0 Å². The maximum Gasteiger partial charge on any atom is 0.145 e. The molecule has 2 heterocycles. The highest BCUT2D eigenvalue weighted by molar-refractivity contribution is 5.32. The topological polar surface area (TPSA) is 32.7 Å². The maximum atomic E-state index is 12.0. The molecule has 1 aliphatic carbocycles. The van der Waals surface area contributed by atoms with Crippen LogP contribution in [-0.4, -0.2) is 34.4 Å². The Morgan fingerprint density at radius 1 is 1.23 bits per heavy atom. The SMILES string of the molecule is C=C(C)[C@H]1CN2[C@@H](O[C@@H]3C[C@H](C)CC[C@H]3C2(C)C)[C@]1(O)c1ccccc1. The summed E-state index contributed by atoms with van der Waals surface area (Å²) in [4.78, 5) is 2.43. The number of nitrogens with zero attached hydrogens (tertiary/aromatic N) is 1. The molecular weight excluding hydrogens is 322 g/mol. The second-order valence-corrected chi connectivity index (χ2v) is 9.45. The van der Waals surface area contributed by atoms with E-state index in [0.717, 1.165) is 24.1 Å². The van der Waals surface area contributed by atoms with Crippen molar-refractivity contribution in [3.8, 4) is 0 Å². The Hall–Kier alpha value is -1.16. The van der Waals surface area contributed by atoms with E-state index in [1.54, 1.807) is 0 Å². The zero-order valence-electron chi connectivity index (χ0n) is 16.6. The van der Waals surface area contributed by atoms with E-state index in [2.05, 4.69) is 32.3 Å². The van der Waals surface area contributed by atoms with Crippen LogP contribution in [0, 0.1) is 17.8 Å². The summed E-state index contributed by atoms with van der Waals surface area (Å²) in [7, 11) is 0. The zero-order chi connectivity index (χ0) is 18.7. The first-order chi connectivity index (χ1) is 12.3. The number of hydrogen-bond donors (Lipinski definition) is 1. The molecule has 2 aliphatic heterocycles. The molecule has 142 valence electrons. The summed E-state index contributed by atoms with van der Waals surface area (Å²) < 4.78 is 6.71. The van der Waals surface area contributed by atoms with Gasteiger partial charge in [-0.05, 0) is 45.1 Å². The van der Waals surface area contributed by atoms with E-state index in [1.165, 1.54) is 12.8 Å². The predicted octanol–water partition coefficient (Wildman–Crippen LogP) is 4.32. The van der Waals surface area contributed by atoms with Gasteiger partial charge in [-0.2, -0.15) is 0 Å². The molecule has 3 nitrogen and oxygen atoms in total. The second kappa shape index (κ2) is 6.19. The largest absolute Gasteiger partial charge is 0.380 e. The van der Waals surface area contributed by atoms with Crippen molar-refractivity contribution >= 4 is 0 Å². The number of aliphatic hydroxyl groups is 1. The molecule has 4 rings (SSSR count). The fourth-order valence-corrected chi connectivity index (χ4v) is 5.80. The molecule has 1 aromatic rings. The second-order valence-electron chi connectivity index (χ2n) is 9.45. The first-order valence-electron chi connectivity index (χ1n) is 10.1. The van der Waals surface area contributed by atoms with Crippen molar-refractivity contribution in [2.75, 3.05) is 6.54 Å². The lowest BCUT2D eigenvalue weighted by atomic mass is 9.69. The summed E-state index contributed by atoms with van der Waals surface area (Å²) >= 11 is 0. The summed E-state index contributed by atoms with van der Waals surface area (Å²) in [6.45, 7) is 14.1. The standard InChI is InChI=1S/C23H33NO2/c1-15(2)19-14-24-21(23(19,25)17-9-7-6-8-10-17)26-20-13-16(3)11-12-18(20)22(24,4)5/h6-10,16,18-21,25H,1,11-14H2,2-5H3/t16-,18-,19-,20-,21+,23+/m1/s1. The number of rotatable bonds is 2. The lowest BCUT2D eigenvalue weighted by Crippen LogP contribution is -2.65. The van der Waals surface area contributed by atoms with Gasteiger partial charge in [0.05, 0.1) is 6.10 Å². The molecule has 0 bridgehead atoms. The van der Waals surface area contributed by atoms with Gasteiger partial charge in [0.25, 0.3) is 0 Å². The van der Waals surface area contributed by atoms with E-state index in [9.17, 15) is 5.11 Å². The monoisotopic (exact) mass is 355 g/mol. The molecule has 0 spiro atoms. The van der Waals surface area contributed by atoms with Crippen LogP contribution in [0.3, 0.4) is 0 Å².